The molecule has 16 heavy (non-hydrogen) atoms. The Labute approximate surface area is 107 Å². The van der Waals surface area contributed by atoms with Gasteiger partial charge in [0.2, 0.25) is 0 Å². The maximum Gasteiger partial charge on any atom is 0.103 e. The fraction of sp³-hybridized carbons (Fsp3) is 0.750. The van der Waals surface area contributed by atoms with Crippen LogP contribution in [0.15, 0.2) is 0 Å². The molecule has 0 radical (unpaired) electrons. The van der Waals surface area contributed by atoms with Gasteiger partial charge in [0.25, 0.3) is 0 Å². The molecule has 92 valence electrons. The molecule has 0 aromatic carbocycles. The van der Waals surface area contributed by atoms with Crippen LogP contribution in [-0.2, 0) is 18.7 Å². The second-order valence-corrected chi connectivity index (χ2v) is 5.99. The minimum Gasteiger partial charge on any atom is -0.309 e. The molecule has 1 aromatic rings. The van der Waals surface area contributed by atoms with Gasteiger partial charge in [0.1, 0.15) is 5.01 Å². The molecule has 0 fully saturated rings. The molecule has 1 N–H and O–H groups in total. The lowest BCUT2D eigenvalue weighted by Gasteiger charge is -2.10. The van der Waals surface area contributed by atoms with Crippen LogP contribution >= 0.6 is 23.1 Å². The van der Waals surface area contributed by atoms with E-state index in [9.17, 15) is 0 Å². The van der Waals surface area contributed by atoms with Gasteiger partial charge in [0.15, 0.2) is 0 Å². The smallest absolute Gasteiger partial charge is 0.103 e. The van der Waals surface area contributed by atoms with Gasteiger partial charge in [-0.05, 0) is 26.0 Å². The van der Waals surface area contributed by atoms with Gasteiger partial charge in [0, 0.05) is 23.2 Å². The van der Waals surface area contributed by atoms with Crippen LogP contribution in [0.5, 0.6) is 0 Å². The van der Waals surface area contributed by atoms with E-state index in [4.69, 9.17) is 0 Å². The van der Waals surface area contributed by atoms with Gasteiger partial charge in [0.05, 0.1) is 5.69 Å². The number of aryl methyl sites for hydroxylation is 1. The highest BCUT2D eigenvalue weighted by Crippen LogP contribution is 2.22. The predicted molar refractivity (Wildman–Crippen MR) is 75.3 cm³/mol. The summed E-state index contributed by atoms with van der Waals surface area (Å²) in [7, 11) is 0. The first-order valence-electron chi connectivity index (χ1n) is 5.91. The van der Waals surface area contributed by atoms with E-state index in [0.29, 0.717) is 6.04 Å². The third-order valence-corrected chi connectivity index (χ3v) is 4.49. The maximum atomic E-state index is 4.68. The van der Waals surface area contributed by atoms with Gasteiger partial charge in [-0.15, -0.1) is 11.3 Å². The molecule has 0 saturated carbocycles. The Balaban J connectivity index is 2.62. The van der Waals surface area contributed by atoms with Crippen molar-refractivity contribution in [3.63, 3.8) is 0 Å². The Morgan fingerprint density at radius 3 is 2.75 bits per heavy atom. The van der Waals surface area contributed by atoms with E-state index in [2.05, 4.69) is 37.3 Å². The van der Waals surface area contributed by atoms with Crippen molar-refractivity contribution < 1.29 is 0 Å². The molecule has 0 aliphatic rings. The third-order valence-electron chi connectivity index (χ3n) is 2.65. The van der Waals surface area contributed by atoms with Crippen molar-refractivity contribution in [1.29, 1.82) is 0 Å². The fourth-order valence-electron chi connectivity index (χ4n) is 1.45. The van der Waals surface area contributed by atoms with Crippen molar-refractivity contribution in [3.8, 4) is 0 Å². The topological polar surface area (TPSA) is 24.9 Å². The maximum absolute atomic E-state index is 4.68. The number of nitrogens with one attached hydrogen (secondary N) is 1. The zero-order valence-corrected chi connectivity index (χ0v) is 12.3. The number of nitrogens with zero attached hydrogens (tertiary/aromatic N) is 1. The molecule has 0 saturated heterocycles. The molecule has 0 aliphatic heterocycles. The van der Waals surface area contributed by atoms with Crippen LogP contribution in [0.25, 0.3) is 0 Å². The number of aromatic nitrogens is 1. The van der Waals surface area contributed by atoms with Gasteiger partial charge in [-0.2, -0.15) is 11.8 Å². The Kier molecular flexibility index (Phi) is 6.39. The number of rotatable bonds is 7. The summed E-state index contributed by atoms with van der Waals surface area (Å²) in [4.78, 5) is 6.10. The summed E-state index contributed by atoms with van der Waals surface area (Å²) in [6, 6.07) is 0.593. The monoisotopic (exact) mass is 258 g/mol. The second kappa shape index (κ2) is 7.30. The first-order chi connectivity index (χ1) is 7.71. The zero-order chi connectivity index (χ0) is 12.0. The van der Waals surface area contributed by atoms with E-state index in [1.807, 2.05) is 23.1 Å². The third kappa shape index (κ3) is 4.07. The Morgan fingerprint density at radius 2 is 2.19 bits per heavy atom. The summed E-state index contributed by atoms with van der Waals surface area (Å²) in [5, 5.41) is 4.81. The van der Waals surface area contributed by atoms with E-state index >= 15 is 0 Å². The largest absolute Gasteiger partial charge is 0.309 e. The van der Waals surface area contributed by atoms with Crippen molar-refractivity contribution in [2.45, 2.75) is 52.0 Å². The summed E-state index contributed by atoms with van der Waals surface area (Å²) in [5.41, 5.74) is 1.28. The molecule has 1 heterocycles. The van der Waals surface area contributed by atoms with Crippen molar-refractivity contribution in [2.75, 3.05) is 6.26 Å². The molecule has 0 amide bonds. The number of hydrogen-bond donors (Lipinski definition) is 1. The van der Waals surface area contributed by atoms with E-state index in [-0.39, 0.29) is 0 Å². The molecule has 0 aliphatic carbocycles. The van der Waals surface area contributed by atoms with Gasteiger partial charge in [-0.25, -0.2) is 4.98 Å². The second-order valence-electron chi connectivity index (χ2n) is 3.95. The van der Waals surface area contributed by atoms with E-state index in [1.54, 1.807) is 0 Å². The van der Waals surface area contributed by atoms with Crippen LogP contribution in [-0.4, -0.2) is 17.3 Å². The molecule has 4 heteroatoms. The SMILES string of the molecule is CCc1nc(CSC)sc1CNC(C)CC. The zero-order valence-electron chi connectivity index (χ0n) is 10.7. The predicted octanol–water partition coefficient (Wildman–Crippen LogP) is 3.46. The number of thiazole rings is 1. The standard InChI is InChI=1S/C12H22N2S2/c1-5-9(3)13-7-11-10(6-2)14-12(16-11)8-15-4/h9,13H,5-8H2,1-4H3. The highest BCUT2D eigenvalue weighted by molar-refractivity contribution is 7.97. The summed E-state index contributed by atoms with van der Waals surface area (Å²) in [6.45, 7) is 7.61. The van der Waals surface area contributed by atoms with Crippen molar-refractivity contribution in [1.82, 2.24) is 10.3 Å². The first-order valence-corrected chi connectivity index (χ1v) is 8.12. The van der Waals surface area contributed by atoms with Gasteiger partial charge < -0.3 is 5.32 Å². The van der Waals surface area contributed by atoms with Crippen LogP contribution in [0.1, 0.15) is 42.8 Å². The molecule has 2 nitrogen and oxygen atoms in total. The number of thioether (sulfide) groups is 1. The summed E-state index contributed by atoms with van der Waals surface area (Å²) in [5.74, 6) is 1.04. The molecule has 1 rings (SSSR count). The first kappa shape index (κ1) is 14.0. The average Bonchev–Trinajstić information content (AvgIpc) is 2.68. The van der Waals surface area contributed by atoms with Gasteiger partial charge in [-0.3, -0.25) is 0 Å². The van der Waals surface area contributed by atoms with Crippen molar-refractivity contribution in [3.05, 3.63) is 15.6 Å². The molecule has 0 bridgehead atoms. The van der Waals surface area contributed by atoms with E-state index in [0.717, 1.165) is 18.7 Å². The summed E-state index contributed by atoms with van der Waals surface area (Å²) >= 11 is 3.71. The van der Waals surface area contributed by atoms with Crippen LogP contribution in [0.4, 0.5) is 0 Å². The van der Waals surface area contributed by atoms with Crippen LogP contribution in [0, 0.1) is 0 Å². The lowest BCUT2D eigenvalue weighted by atomic mass is 10.2. The Morgan fingerprint density at radius 1 is 1.44 bits per heavy atom. The normalized spacial score (nSPS) is 13.0. The molecule has 1 aromatic heterocycles. The minimum absolute atomic E-state index is 0.593. The molecule has 1 atom stereocenters. The summed E-state index contributed by atoms with van der Waals surface area (Å²) < 4.78 is 0. The molecular formula is C12H22N2S2. The average molecular weight is 258 g/mol. The quantitative estimate of drug-likeness (QED) is 0.811. The molecule has 0 spiro atoms. The van der Waals surface area contributed by atoms with Gasteiger partial charge in [-0.1, -0.05) is 13.8 Å². The minimum atomic E-state index is 0.593. The van der Waals surface area contributed by atoms with Crippen LogP contribution < -0.4 is 5.32 Å². The lowest BCUT2D eigenvalue weighted by Crippen LogP contribution is -2.24. The summed E-state index contributed by atoms with van der Waals surface area (Å²) in [6.07, 6.45) is 4.35. The highest BCUT2D eigenvalue weighted by Gasteiger charge is 2.09. The molecular weight excluding hydrogens is 236 g/mol. The Hall–Kier alpha value is -0.0600. The van der Waals surface area contributed by atoms with Crippen molar-refractivity contribution in [2.24, 2.45) is 0 Å². The van der Waals surface area contributed by atoms with Crippen LogP contribution in [0.2, 0.25) is 0 Å². The highest BCUT2D eigenvalue weighted by atomic mass is 32.2. The van der Waals surface area contributed by atoms with E-state index in [1.165, 1.54) is 22.0 Å². The van der Waals surface area contributed by atoms with Crippen molar-refractivity contribution >= 4 is 23.1 Å². The van der Waals surface area contributed by atoms with E-state index < -0.39 is 0 Å². The van der Waals surface area contributed by atoms with Crippen LogP contribution in [0.3, 0.4) is 0 Å². The fourth-order valence-corrected chi connectivity index (χ4v) is 3.25. The van der Waals surface area contributed by atoms with Gasteiger partial charge >= 0.3 is 0 Å². The molecule has 1 unspecified atom stereocenters. The Bertz CT molecular complexity index is 310. The number of hydrogen-bond acceptors (Lipinski definition) is 4. The lowest BCUT2D eigenvalue weighted by molar-refractivity contribution is 0.535.